The molecule has 0 bridgehead atoms. The van der Waals surface area contributed by atoms with Crippen molar-refractivity contribution in [3.05, 3.63) is 35.6 Å². The fourth-order valence-electron chi connectivity index (χ4n) is 1.60. The van der Waals surface area contributed by atoms with E-state index in [2.05, 4.69) is 5.32 Å². The standard InChI is InChI=1S/C13H18FNO3S/c1-9(8-11-6-4-5-7-12(11)14)15-13(16)10(2)19(3,17)18/h4-7,9-10H,8H2,1-3H3,(H,15,16)/t9-,10+/m0/s1. The van der Waals surface area contributed by atoms with E-state index in [0.29, 0.717) is 12.0 Å². The minimum absolute atomic E-state index is 0.314. The van der Waals surface area contributed by atoms with Crippen LogP contribution in [0.4, 0.5) is 4.39 Å². The minimum atomic E-state index is -3.41. The van der Waals surface area contributed by atoms with Crippen LogP contribution in [-0.2, 0) is 21.1 Å². The Morgan fingerprint density at radius 1 is 1.32 bits per heavy atom. The van der Waals surface area contributed by atoms with Crippen LogP contribution in [0.5, 0.6) is 0 Å². The Bertz CT molecular complexity index is 557. The largest absolute Gasteiger partial charge is 0.352 e. The zero-order valence-electron chi connectivity index (χ0n) is 11.2. The molecule has 0 heterocycles. The number of amides is 1. The van der Waals surface area contributed by atoms with Gasteiger partial charge in [0.25, 0.3) is 0 Å². The van der Waals surface area contributed by atoms with E-state index in [9.17, 15) is 17.6 Å². The highest BCUT2D eigenvalue weighted by Crippen LogP contribution is 2.09. The van der Waals surface area contributed by atoms with E-state index in [-0.39, 0.29) is 11.9 Å². The van der Waals surface area contributed by atoms with Gasteiger partial charge < -0.3 is 5.32 Å². The second-order valence-corrected chi connectivity index (χ2v) is 7.04. The number of carbonyl (C=O) groups is 1. The normalized spacial score (nSPS) is 14.7. The first-order valence-electron chi connectivity index (χ1n) is 5.94. The fraction of sp³-hybridized carbons (Fsp3) is 0.462. The van der Waals surface area contributed by atoms with Crippen molar-refractivity contribution >= 4 is 15.7 Å². The highest BCUT2D eigenvalue weighted by Gasteiger charge is 2.24. The van der Waals surface area contributed by atoms with Gasteiger partial charge >= 0.3 is 0 Å². The monoisotopic (exact) mass is 287 g/mol. The molecule has 1 aromatic carbocycles. The van der Waals surface area contributed by atoms with Gasteiger partial charge in [-0.1, -0.05) is 18.2 Å². The van der Waals surface area contributed by atoms with Gasteiger partial charge in [-0.15, -0.1) is 0 Å². The first kappa shape index (κ1) is 15.6. The summed E-state index contributed by atoms with van der Waals surface area (Å²) in [5, 5.41) is 1.48. The quantitative estimate of drug-likeness (QED) is 0.888. The molecule has 1 rings (SSSR count). The lowest BCUT2D eigenvalue weighted by molar-refractivity contribution is -0.121. The molecule has 0 saturated heterocycles. The van der Waals surface area contributed by atoms with Gasteiger partial charge in [0, 0.05) is 12.3 Å². The SMILES string of the molecule is C[C@H](C(=O)N[C@@H](C)Cc1ccccc1F)S(C)(=O)=O. The van der Waals surface area contributed by atoms with Crippen LogP contribution in [-0.4, -0.2) is 31.9 Å². The molecule has 2 atom stereocenters. The van der Waals surface area contributed by atoms with Crippen molar-refractivity contribution in [1.29, 1.82) is 0 Å². The summed E-state index contributed by atoms with van der Waals surface area (Å²) in [5.41, 5.74) is 0.488. The molecule has 6 heteroatoms. The van der Waals surface area contributed by atoms with Gasteiger partial charge in [-0.05, 0) is 31.9 Å². The minimum Gasteiger partial charge on any atom is -0.352 e. The Morgan fingerprint density at radius 3 is 2.42 bits per heavy atom. The maximum atomic E-state index is 13.4. The van der Waals surface area contributed by atoms with E-state index in [0.717, 1.165) is 6.26 Å². The molecule has 106 valence electrons. The molecule has 0 unspecified atom stereocenters. The Morgan fingerprint density at radius 2 is 1.89 bits per heavy atom. The number of carbonyl (C=O) groups excluding carboxylic acids is 1. The third-order valence-electron chi connectivity index (χ3n) is 2.88. The van der Waals surface area contributed by atoms with Gasteiger partial charge in [0.15, 0.2) is 9.84 Å². The second kappa shape index (κ2) is 6.14. The van der Waals surface area contributed by atoms with Crippen LogP contribution in [0.25, 0.3) is 0 Å². The van der Waals surface area contributed by atoms with Crippen molar-refractivity contribution in [2.45, 2.75) is 31.6 Å². The molecule has 4 nitrogen and oxygen atoms in total. The predicted molar refractivity (Wildman–Crippen MR) is 72.0 cm³/mol. The van der Waals surface area contributed by atoms with E-state index < -0.39 is 21.0 Å². The number of hydrogen-bond donors (Lipinski definition) is 1. The Balaban J connectivity index is 2.64. The molecule has 0 aromatic heterocycles. The van der Waals surface area contributed by atoms with Crippen molar-refractivity contribution in [3.63, 3.8) is 0 Å². The van der Waals surface area contributed by atoms with Crippen LogP contribution in [0.15, 0.2) is 24.3 Å². The molecule has 1 amide bonds. The van der Waals surface area contributed by atoms with Gasteiger partial charge in [-0.3, -0.25) is 4.79 Å². The smallest absolute Gasteiger partial charge is 0.238 e. The summed E-state index contributed by atoms with van der Waals surface area (Å²) in [6, 6.07) is 5.95. The summed E-state index contributed by atoms with van der Waals surface area (Å²) >= 11 is 0. The topological polar surface area (TPSA) is 63.2 Å². The molecule has 0 aliphatic rings. The van der Waals surface area contributed by atoms with Crippen LogP contribution < -0.4 is 5.32 Å². The van der Waals surface area contributed by atoms with E-state index in [1.54, 1.807) is 25.1 Å². The number of halogens is 1. The number of nitrogens with one attached hydrogen (secondary N) is 1. The number of sulfone groups is 1. The molecule has 1 aromatic rings. The molecular weight excluding hydrogens is 269 g/mol. The van der Waals surface area contributed by atoms with Crippen molar-refractivity contribution in [1.82, 2.24) is 5.32 Å². The average molecular weight is 287 g/mol. The van der Waals surface area contributed by atoms with Gasteiger partial charge in [0.05, 0.1) is 0 Å². The maximum Gasteiger partial charge on any atom is 0.238 e. The third kappa shape index (κ3) is 4.63. The van der Waals surface area contributed by atoms with Crippen LogP contribution in [0.1, 0.15) is 19.4 Å². The van der Waals surface area contributed by atoms with Crippen LogP contribution in [0.2, 0.25) is 0 Å². The van der Waals surface area contributed by atoms with Crippen LogP contribution >= 0.6 is 0 Å². The molecule has 0 saturated carbocycles. The first-order valence-corrected chi connectivity index (χ1v) is 7.90. The number of benzene rings is 1. The molecule has 0 spiro atoms. The molecule has 0 radical (unpaired) electrons. The highest BCUT2D eigenvalue weighted by molar-refractivity contribution is 7.92. The average Bonchev–Trinajstić information content (AvgIpc) is 2.29. The van der Waals surface area contributed by atoms with Crippen molar-refractivity contribution in [2.24, 2.45) is 0 Å². The fourth-order valence-corrected chi connectivity index (χ4v) is 2.06. The zero-order valence-corrected chi connectivity index (χ0v) is 12.0. The summed E-state index contributed by atoms with van der Waals surface area (Å²) in [5.74, 6) is -0.897. The van der Waals surface area contributed by atoms with Gasteiger partial charge in [-0.25, -0.2) is 12.8 Å². The summed E-state index contributed by atoms with van der Waals surface area (Å²) in [6.07, 6.45) is 1.33. The van der Waals surface area contributed by atoms with Crippen molar-refractivity contribution in [2.75, 3.05) is 6.26 Å². The van der Waals surface area contributed by atoms with E-state index in [1.807, 2.05) is 0 Å². The first-order chi connectivity index (χ1) is 8.71. The number of rotatable bonds is 5. The lowest BCUT2D eigenvalue weighted by Gasteiger charge is -2.17. The zero-order chi connectivity index (χ0) is 14.6. The molecule has 0 aliphatic heterocycles. The Labute approximate surface area is 112 Å². The van der Waals surface area contributed by atoms with E-state index in [1.165, 1.54) is 13.0 Å². The predicted octanol–water partition coefficient (Wildman–Crippen LogP) is 1.31. The van der Waals surface area contributed by atoms with Gasteiger partial charge in [-0.2, -0.15) is 0 Å². The summed E-state index contributed by atoms with van der Waals surface area (Å²) in [6.45, 7) is 3.04. The second-order valence-electron chi connectivity index (χ2n) is 4.68. The van der Waals surface area contributed by atoms with Crippen molar-refractivity contribution in [3.8, 4) is 0 Å². The molecule has 0 fully saturated rings. The molecular formula is C13H18FNO3S. The van der Waals surface area contributed by atoms with Crippen LogP contribution in [0.3, 0.4) is 0 Å². The Kier molecular flexibility index (Phi) is 5.05. The van der Waals surface area contributed by atoms with Gasteiger partial charge in [0.1, 0.15) is 11.1 Å². The van der Waals surface area contributed by atoms with E-state index >= 15 is 0 Å². The van der Waals surface area contributed by atoms with Crippen molar-refractivity contribution < 1.29 is 17.6 Å². The highest BCUT2D eigenvalue weighted by atomic mass is 32.2. The molecule has 0 aliphatic carbocycles. The van der Waals surface area contributed by atoms with E-state index in [4.69, 9.17) is 0 Å². The lowest BCUT2D eigenvalue weighted by Crippen LogP contribution is -2.42. The summed E-state index contributed by atoms with van der Waals surface area (Å²) in [7, 11) is -3.41. The lowest BCUT2D eigenvalue weighted by atomic mass is 10.1. The number of hydrogen-bond acceptors (Lipinski definition) is 3. The van der Waals surface area contributed by atoms with Gasteiger partial charge in [0.2, 0.25) is 5.91 Å². The molecule has 1 N–H and O–H groups in total. The molecule has 19 heavy (non-hydrogen) atoms. The maximum absolute atomic E-state index is 13.4. The third-order valence-corrected chi connectivity index (χ3v) is 4.38. The summed E-state index contributed by atoms with van der Waals surface area (Å²) < 4.78 is 35.9. The Hall–Kier alpha value is -1.43. The van der Waals surface area contributed by atoms with Crippen LogP contribution in [0, 0.1) is 5.82 Å². The summed E-state index contributed by atoms with van der Waals surface area (Å²) in [4.78, 5) is 11.7.